The Bertz CT molecular complexity index is 554. The lowest BCUT2D eigenvalue weighted by atomic mass is 10.1. The van der Waals surface area contributed by atoms with Gasteiger partial charge < -0.3 is 19.9 Å². The predicted molar refractivity (Wildman–Crippen MR) is 120 cm³/mol. The predicted octanol–water partition coefficient (Wildman–Crippen LogP) is 2.98. The van der Waals surface area contributed by atoms with Crippen molar-refractivity contribution in [3.63, 3.8) is 0 Å². The van der Waals surface area contributed by atoms with E-state index in [1.807, 2.05) is 7.05 Å². The number of hydrogen-bond donors (Lipinski definition) is 1. The second-order valence-electron chi connectivity index (χ2n) is 6.68. The Morgan fingerprint density at radius 1 is 1.31 bits per heavy atom. The Labute approximate surface area is 178 Å². The third kappa shape index (κ3) is 5.95. The van der Waals surface area contributed by atoms with Crippen LogP contribution in [0.3, 0.4) is 0 Å². The van der Waals surface area contributed by atoms with Gasteiger partial charge >= 0.3 is 0 Å². The smallest absolute Gasteiger partial charge is 0.193 e. The molecule has 2 saturated heterocycles. The van der Waals surface area contributed by atoms with Crippen LogP contribution in [-0.4, -0.2) is 68.3 Å². The first-order chi connectivity index (χ1) is 12.3. The van der Waals surface area contributed by atoms with Crippen LogP contribution in [0.2, 0.25) is 0 Å². The Kier molecular flexibility index (Phi) is 9.41. The molecule has 0 amide bonds. The molecule has 0 spiro atoms. The quantitative estimate of drug-likeness (QED) is 0.375. The molecule has 1 aromatic rings. The van der Waals surface area contributed by atoms with Crippen molar-refractivity contribution in [2.45, 2.75) is 45.1 Å². The zero-order valence-corrected chi connectivity index (χ0v) is 19.1. The fraction of sp³-hybridized carbons (Fsp3) is 0.778. The first-order valence-electron chi connectivity index (χ1n) is 9.56. The highest BCUT2D eigenvalue weighted by atomic mass is 127. The van der Waals surface area contributed by atoms with E-state index in [9.17, 15) is 0 Å². The average molecular weight is 493 g/mol. The molecular weight excluding hydrogens is 461 g/mol. The highest BCUT2D eigenvalue weighted by Crippen LogP contribution is 2.24. The molecule has 0 radical (unpaired) electrons. The van der Waals surface area contributed by atoms with E-state index in [-0.39, 0.29) is 24.0 Å². The fourth-order valence-corrected chi connectivity index (χ4v) is 4.48. The molecule has 1 aromatic heterocycles. The largest absolute Gasteiger partial charge is 0.378 e. The lowest BCUT2D eigenvalue weighted by molar-refractivity contribution is 0.0264. The standard InChI is InChI=1S/C18H31N5OS.HI/c1-3-24-16-7-12-22(13-8-16)17(19-2)20-9-6-15-14-25-18(21-15)23-10-4-5-11-23;/h14,16H,3-13H2,1-2H3,(H,19,20);1H. The summed E-state index contributed by atoms with van der Waals surface area (Å²) in [6.07, 6.45) is 6.12. The number of nitrogens with one attached hydrogen (secondary N) is 1. The Morgan fingerprint density at radius 2 is 2.04 bits per heavy atom. The highest BCUT2D eigenvalue weighted by molar-refractivity contribution is 14.0. The summed E-state index contributed by atoms with van der Waals surface area (Å²) in [6.45, 7) is 8.11. The number of guanidine groups is 1. The molecule has 26 heavy (non-hydrogen) atoms. The first-order valence-corrected chi connectivity index (χ1v) is 10.4. The van der Waals surface area contributed by atoms with Crippen LogP contribution in [0.5, 0.6) is 0 Å². The second kappa shape index (κ2) is 11.3. The fourth-order valence-electron chi connectivity index (χ4n) is 3.57. The number of hydrogen-bond acceptors (Lipinski definition) is 5. The number of rotatable bonds is 6. The number of ether oxygens (including phenoxy) is 1. The molecular formula is C18H32IN5OS. The topological polar surface area (TPSA) is 53.0 Å². The van der Waals surface area contributed by atoms with Gasteiger partial charge in [-0.15, -0.1) is 35.3 Å². The Hall–Kier alpha value is -0.610. The molecule has 0 atom stereocenters. The van der Waals surface area contributed by atoms with Gasteiger partial charge in [0.1, 0.15) is 0 Å². The van der Waals surface area contributed by atoms with E-state index in [0.29, 0.717) is 6.10 Å². The Morgan fingerprint density at radius 3 is 2.69 bits per heavy atom. The van der Waals surface area contributed by atoms with E-state index in [4.69, 9.17) is 9.72 Å². The van der Waals surface area contributed by atoms with Gasteiger partial charge in [0.05, 0.1) is 11.8 Å². The van der Waals surface area contributed by atoms with Crippen LogP contribution in [-0.2, 0) is 11.2 Å². The van der Waals surface area contributed by atoms with E-state index in [2.05, 4.69) is 32.4 Å². The summed E-state index contributed by atoms with van der Waals surface area (Å²) in [4.78, 5) is 14.0. The summed E-state index contributed by atoms with van der Waals surface area (Å²) < 4.78 is 5.73. The minimum atomic E-state index is 0. The molecule has 0 saturated carbocycles. The van der Waals surface area contributed by atoms with E-state index >= 15 is 0 Å². The van der Waals surface area contributed by atoms with E-state index in [1.165, 1.54) is 23.7 Å². The van der Waals surface area contributed by atoms with Crippen molar-refractivity contribution < 1.29 is 4.74 Å². The summed E-state index contributed by atoms with van der Waals surface area (Å²) >= 11 is 1.78. The molecule has 2 aliphatic heterocycles. The molecule has 3 rings (SSSR count). The summed E-state index contributed by atoms with van der Waals surface area (Å²) in [6, 6.07) is 0. The van der Waals surface area contributed by atoms with Crippen molar-refractivity contribution in [1.82, 2.24) is 15.2 Å². The van der Waals surface area contributed by atoms with Crippen molar-refractivity contribution in [2.24, 2.45) is 4.99 Å². The number of nitrogens with zero attached hydrogens (tertiary/aromatic N) is 4. The molecule has 2 aliphatic rings. The lowest BCUT2D eigenvalue weighted by Gasteiger charge is -2.34. The molecule has 6 nitrogen and oxygen atoms in total. The van der Waals surface area contributed by atoms with Crippen molar-refractivity contribution in [2.75, 3.05) is 51.3 Å². The van der Waals surface area contributed by atoms with E-state index < -0.39 is 0 Å². The van der Waals surface area contributed by atoms with Crippen LogP contribution in [0.4, 0.5) is 5.13 Å². The van der Waals surface area contributed by atoms with Crippen LogP contribution in [0.15, 0.2) is 10.4 Å². The third-order valence-electron chi connectivity index (χ3n) is 4.94. The van der Waals surface area contributed by atoms with Gasteiger partial charge in [-0.25, -0.2) is 4.98 Å². The number of piperidine rings is 1. The van der Waals surface area contributed by atoms with Gasteiger partial charge in [0.2, 0.25) is 0 Å². The van der Waals surface area contributed by atoms with E-state index in [0.717, 1.165) is 64.6 Å². The van der Waals surface area contributed by atoms with Crippen LogP contribution in [0, 0.1) is 0 Å². The second-order valence-corrected chi connectivity index (χ2v) is 7.52. The van der Waals surface area contributed by atoms with Gasteiger partial charge in [0, 0.05) is 58.2 Å². The SMILES string of the molecule is CCOC1CCN(C(=NC)NCCc2csc(N3CCCC3)n2)CC1.I. The monoisotopic (exact) mass is 493 g/mol. The van der Waals surface area contributed by atoms with Crippen LogP contribution in [0.1, 0.15) is 38.3 Å². The number of thiazole rings is 1. The maximum atomic E-state index is 5.73. The maximum Gasteiger partial charge on any atom is 0.193 e. The van der Waals surface area contributed by atoms with Crippen LogP contribution in [0.25, 0.3) is 0 Å². The Balaban J connectivity index is 0.00000243. The van der Waals surface area contributed by atoms with Gasteiger partial charge in [-0.2, -0.15) is 0 Å². The molecule has 8 heteroatoms. The van der Waals surface area contributed by atoms with Crippen LogP contribution >= 0.6 is 35.3 Å². The van der Waals surface area contributed by atoms with Crippen molar-refractivity contribution >= 4 is 46.4 Å². The first kappa shape index (κ1) is 21.7. The molecule has 0 aromatic carbocycles. The zero-order chi connectivity index (χ0) is 17.5. The van der Waals surface area contributed by atoms with Gasteiger partial charge in [-0.05, 0) is 32.6 Å². The number of anilines is 1. The van der Waals surface area contributed by atoms with Crippen LogP contribution < -0.4 is 10.2 Å². The third-order valence-corrected chi connectivity index (χ3v) is 5.89. The van der Waals surface area contributed by atoms with E-state index in [1.54, 1.807) is 11.3 Å². The molecule has 3 heterocycles. The lowest BCUT2D eigenvalue weighted by Crippen LogP contribution is -2.47. The average Bonchev–Trinajstić information content (AvgIpc) is 3.31. The highest BCUT2D eigenvalue weighted by Gasteiger charge is 2.21. The van der Waals surface area contributed by atoms with Gasteiger partial charge in [-0.1, -0.05) is 0 Å². The minimum absolute atomic E-state index is 0. The molecule has 2 fully saturated rings. The number of aliphatic imine (C=N–C) groups is 1. The van der Waals surface area contributed by atoms with Crippen molar-refractivity contribution in [3.8, 4) is 0 Å². The number of likely N-dealkylation sites (tertiary alicyclic amines) is 1. The summed E-state index contributed by atoms with van der Waals surface area (Å²) in [5.41, 5.74) is 1.19. The molecule has 1 N–H and O–H groups in total. The maximum absolute atomic E-state index is 5.73. The van der Waals surface area contributed by atoms with Gasteiger partial charge in [0.15, 0.2) is 11.1 Å². The molecule has 148 valence electrons. The van der Waals surface area contributed by atoms with Crippen molar-refractivity contribution in [1.29, 1.82) is 0 Å². The molecule has 0 bridgehead atoms. The minimum Gasteiger partial charge on any atom is -0.378 e. The zero-order valence-electron chi connectivity index (χ0n) is 15.9. The van der Waals surface area contributed by atoms with Gasteiger partial charge in [-0.3, -0.25) is 4.99 Å². The number of halogens is 1. The normalized spacial score (nSPS) is 18.9. The molecule has 0 unspecified atom stereocenters. The number of aromatic nitrogens is 1. The summed E-state index contributed by atoms with van der Waals surface area (Å²) in [5.74, 6) is 1.00. The van der Waals surface area contributed by atoms with Gasteiger partial charge in [0.25, 0.3) is 0 Å². The summed E-state index contributed by atoms with van der Waals surface area (Å²) in [5, 5.41) is 6.89. The van der Waals surface area contributed by atoms with Crippen molar-refractivity contribution in [3.05, 3.63) is 11.1 Å². The summed E-state index contributed by atoms with van der Waals surface area (Å²) in [7, 11) is 1.87. The molecule has 0 aliphatic carbocycles.